The summed E-state index contributed by atoms with van der Waals surface area (Å²) < 4.78 is 14.3. The molecule has 7 heteroatoms. The number of nitrogens with two attached hydrogens (primary N) is 2. The van der Waals surface area contributed by atoms with E-state index in [0.29, 0.717) is 5.56 Å². The van der Waals surface area contributed by atoms with E-state index in [-0.39, 0.29) is 30.1 Å². The standard InChI is InChI=1S/C17H18FN5.ClH/c1-10-7-11(2)9-12(8-10)23-15(21-16(19)22-17(23)20)13-5-3-4-6-14(13)18;/h3-9,15H,1-2H3,(H4,19,20,21,22);1H. The normalized spacial score (nSPS) is 17.0. The zero-order valence-corrected chi connectivity index (χ0v) is 14.2. The third-order valence-corrected chi connectivity index (χ3v) is 3.64. The SMILES string of the molecule is Cc1cc(C)cc(N2C(N)=NC(N)=NC2c2ccccc2F)c1.Cl. The van der Waals surface area contributed by atoms with Crippen LogP contribution in [0, 0.1) is 19.7 Å². The maximum Gasteiger partial charge on any atom is 0.221 e. The van der Waals surface area contributed by atoms with Crippen LogP contribution in [0.5, 0.6) is 0 Å². The Morgan fingerprint density at radius 3 is 2.29 bits per heavy atom. The molecule has 2 aromatic rings. The van der Waals surface area contributed by atoms with Crippen LogP contribution in [0.3, 0.4) is 0 Å². The predicted molar refractivity (Wildman–Crippen MR) is 98.0 cm³/mol. The summed E-state index contributed by atoms with van der Waals surface area (Å²) in [4.78, 5) is 10.0. The second-order valence-electron chi connectivity index (χ2n) is 5.57. The molecule has 0 radical (unpaired) electrons. The smallest absolute Gasteiger partial charge is 0.221 e. The van der Waals surface area contributed by atoms with Gasteiger partial charge in [-0.1, -0.05) is 24.3 Å². The number of halogens is 2. The van der Waals surface area contributed by atoms with Crippen molar-refractivity contribution < 1.29 is 4.39 Å². The van der Waals surface area contributed by atoms with Crippen molar-refractivity contribution in [3.05, 3.63) is 65.0 Å². The highest BCUT2D eigenvalue weighted by Gasteiger charge is 2.29. The van der Waals surface area contributed by atoms with E-state index in [0.717, 1.165) is 16.8 Å². The number of hydrogen-bond acceptors (Lipinski definition) is 5. The Kier molecular flexibility index (Phi) is 5.09. The van der Waals surface area contributed by atoms with Crippen LogP contribution in [0.15, 0.2) is 52.4 Å². The van der Waals surface area contributed by atoms with E-state index in [1.807, 2.05) is 26.0 Å². The van der Waals surface area contributed by atoms with Gasteiger partial charge >= 0.3 is 0 Å². The highest BCUT2D eigenvalue weighted by molar-refractivity contribution is 6.04. The van der Waals surface area contributed by atoms with Crippen LogP contribution in [0.1, 0.15) is 22.9 Å². The zero-order chi connectivity index (χ0) is 16.6. The number of aliphatic imine (C=N–C) groups is 2. The van der Waals surface area contributed by atoms with Crippen molar-refractivity contribution >= 4 is 30.0 Å². The molecule has 0 saturated heterocycles. The molecule has 5 nitrogen and oxygen atoms in total. The van der Waals surface area contributed by atoms with Crippen molar-refractivity contribution in [2.24, 2.45) is 21.5 Å². The Bertz CT molecular complexity index is 798. The summed E-state index contributed by atoms with van der Waals surface area (Å²) in [6.45, 7) is 3.98. The van der Waals surface area contributed by atoms with Gasteiger partial charge in [-0.05, 0) is 43.2 Å². The van der Waals surface area contributed by atoms with E-state index < -0.39 is 6.17 Å². The number of benzene rings is 2. The molecule has 2 aromatic carbocycles. The fraction of sp³-hybridized carbons (Fsp3) is 0.176. The Balaban J connectivity index is 0.00000208. The van der Waals surface area contributed by atoms with Gasteiger partial charge in [0, 0.05) is 11.3 Å². The van der Waals surface area contributed by atoms with Crippen LogP contribution < -0.4 is 16.4 Å². The van der Waals surface area contributed by atoms with Crippen molar-refractivity contribution in [1.82, 2.24) is 0 Å². The third-order valence-electron chi connectivity index (χ3n) is 3.64. The lowest BCUT2D eigenvalue weighted by Gasteiger charge is -2.33. The minimum atomic E-state index is -0.685. The van der Waals surface area contributed by atoms with E-state index in [2.05, 4.69) is 16.1 Å². The van der Waals surface area contributed by atoms with Gasteiger partial charge in [0.15, 0.2) is 6.17 Å². The highest BCUT2D eigenvalue weighted by atomic mass is 35.5. The number of hydrogen-bond donors (Lipinski definition) is 2. The maximum atomic E-state index is 14.3. The molecule has 0 spiro atoms. The summed E-state index contributed by atoms with van der Waals surface area (Å²) in [7, 11) is 0. The average molecular weight is 348 g/mol. The summed E-state index contributed by atoms with van der Waals surface area (Å²) in [5, 5.41) is 0. The molecule has 0 saturated carbocycles. The van der Waals surface area contributed by atoms with Crippen LogP contribution in [-0.2, 0) is 0 Å². The predicted octanol–water partition coefficient (Wildman–Crippen LogP) is 3.01. The topological polar surface area (TPSA) is 80.0 Å². The van der Waals surface area contributed by atoms with E-state index >= 15 is 0 Å². The first kappa shape index (κ1) is 17.7. The minimum Gasteiger partial charge on any atom is -0.369 e. The van der Waals surface area contributed by atoms with Gasteiger partial charge < -0.3 is 11.5 Å². The third kappa shape index (κ3) is 3.33. The molecule has 1 atom stereocenters. The van der Waals surface area contributed by atoms with E-state index in [1.54, 1.807) is 23.1 Å². The summed E-state index contributed by atoms with van der Waals surface area (Å²) in [5.41, 5.74) is 15.1. The fourth-order valence-electron chi connectivity index (χ4n) is 2.76. The van der Waals surface area contributed by atoms with E-state index in [4.69, 9.17) is 11.5 Å². The lowest BCUT2D eigenvalue weighted by Crippen LogP contribution is -2.44. The molecule has 0 aliphatic carbocycles. The summed E-state index contributed by atoms with van der Waals surface area (Å²) in [6, 6.07) is 12.4. The minimum absolute atomic E-state index is 0. The summed E-state index contributed by atoms with van der Waals surface area (Å²) in [6.07, 6.45) is -0.685. The van der Waals surface area contributed by atoms with E-state index in [1.165, 1.54) is 6.07 Å². The van der Waals surface area contributed by atoms with Gasteiger partial charge in [-0.25, -0.2) is 9.38 Å². The van der Waals surface area contributed by atoms with Crippen molar-refractivity contribution in [3.8, 4) is 0 Å². The molecule has 1 heterocycles. The lowest BCUT2D eigenvalue weighted by molar-refractivity contribution is 0.584. The second-order valence-corrected chi connectivity index (χ2v) is 5.57. The van der Waals surface area contributed by atoms with Crippen molar-refractivity contribution in [3.63, 3.8) is 0 Å². The highest BCUT2D eigenvalue weighted by Crippen LogP contribution is 2.32. The number of guanidine groups is 2. The molecule has 0 aromatic heterocycles. The second kappa shape index (κ2) is 6.88. The van der Waals surface area contributed by atoms with Gasteiger partial charge in [-0.2, -0.15) is 4.99 Å². The largest absolute Gasteiger partial charge is 0.369 e. The van der Waals surface area contributed by atoms with Crippen LogP contribution >= 0.6 is 12.4 Å². The van der Waals surface area contributed by atoms with Crippen LogP contribution in [-0.4, -0.2) is 11.9 Å². The lowest BCUT2D eigenvalue weighted by atomic mass is 10.1. The summed E-state index contributed by atoms with van der Waals surface area (Å²) >= 11 is 0. The van der Waals surface area contributed by atoms with Gasteiger partial charge in [0.1, 0.15) is 5.82 Å². The molecule has 4 N–H and O–H groups in total. The molecule has 1 aliphatic rings. The van der Waals surface area contributed by atoms with E-state index in [9.17, 15) is 4.39 Å². The molecule has 0 amide bonds. The first-order valence-corrected chi connectivity index (χ1v) is 7.25. The number of anilines is 1. The average Bonchev–Trinajstić information content (AvgIpc) is 2.45. The number of aryl methyl sites for hydroxylation is 2. The van der Waals surface area contributed by atoms with Gasteiger partial charge in [0.2, 0.25) is 11.9 Å². The Morgan fingerprint density at radius 1 is 1.04 bits per heavy atom. The van der Waals surface area contributed by atoms with Gasteiger partial charge in [0.05, 0.1) is 0 Å². The summed E-state index contributed by atoms with van der Waals surface area (Å²) in [5.74, 6) is -0.134. The first-order chi connectivity index (χ1) is 11.0. The van der Waals surface area contributed by atoms with Gasteiger partial charge in [0.25, 0.3) is 0 Å². The molecule has 0 fully saturated rings. The quantitative estimate of drug-likeness (QED) is 0.876. The first-order valence-electron chi connectivity index (χ1n) is 7.25. The van der Waals surface area contributed by atoms with Gasteiger partial charge in [-0.3, -0.25) is 4.90 Å². The molecule has 24 heavy (non-hydrogen) atoms. The maximum absolute atomic E-state index is 14.3. The molecule has 1 aliphatic heterocycles. The molecule has 126 valence electrons. The molecular weight excluding hydrogens is 329 g/mol. The molecular formula is C17H19ClFN5. The molecule has 0 bridgehead atoms. The van der Waals surface area contributed by atoms with Crippen LogP contribution in [0.4, 0.5) is 10.1 Å². The Hall–Kier alpha value is -2.60. The Morgan fingerprint density at radius 2 is 1.67 bits per heavy atom. The number of rotatable bonds is 2. The fourth-order valence-corrected chi connectivity index (χ4v) is 2.76. The molecule has 1 unspecified atom stereocenters. The Labute approximate surface area is 146 Å². The van der Waals surface area contributed by atoms with Crippen molar-refractivity contribution in [2.45, 2.75) is 20.0 Å². The van der Waals surface area contributed by atoms with Crippen molar-refractivity contribution in [2.75, 3.05) is 4.90 Å². The van der Waals surface area contributed by atoms with Crippen LogP contribution in [0.2, 0.25) is 0 Å². The monoisotopic (exact) mass is 347 g/mol. The molecule has 3 rings (SSSR count). The van der Waals surface area contributed by atoms with Crippen molar-refractivity contribution in [1.29, 1.82) is 0 Å². The number of nitrogens with zero attached hydrogens (tertiary/aromatic N) is 3. The van der Waals surface area contributed by atoms with Crippen LogP contribution in [0.25, 0.3) is 0 Å². The zero-order valence-electron chi connectivity index (χ0n) is 13.4. The van der Waals surface area contributed by atoms with Gasteiger partial charge in [-0.15, -0.1) is 12.4 Å².